The number of hydrogen-bond donors (Lipinski definition) is 5. The van der Waals surface area contributed by atoms with Gasteiger partial charge >= 0.3 is 0 Å². The Morgan fingerprint density at radius 3 is 2.56 bits per heavy atom. The molecule has 144 valence electrons. The number of aliphatic hydroxyl groups is 1. The molecular formula is C21H27FN4O. The number of nitrogens with one attached hydrogen (secondary N) is 2. The average molecular weight is 370 g/mol. The van der Waals surface area contributed by atoms with Crippen LogP contribution in [0.2, 0.25) is 0 Å². The number of hydrogen-bond acceptors (Lipinski definition) is 4. The molecule has 1 heterocycles. The standard InChI is InChI=1S/C21H27FN4O/c1-13-18-9-6-15(14-4-7-16(22)8-5-14)11-19(18)26-20(13)21(27)25-12-17(24)3-2-10-23/h4-9,11,17,21,25-27H,2-3,10,12,23-24H2,1H3/t17-,21?/m0/s1. The summed E-state index contributed by atoms with van der Waals surface area (Å²) in [5.41, 5.74) is 16.1. The summed E-state index contributed by atoms with van der Waals surface area (Å²) >= 11 is 0. The van der Waals surface area contributed by atoms with Crippen molar-refractivity contribution in [2.45, 2.75) is 32.0 Å². The molecule has 2 atom stereocenters. The van der Waals surface area contributed by atoms with Crippen molar-refractivity contribution in [1.29, 1.82) is 0 Å². The zero-order chi connectivity index (χ0) is 19.4. The number of H-pyrrole nitrogens is 1. The van der Waals surface area contributed by atoms with Gasteiger partial charge in [-0.3, -0.25) is 5.32 Å². The topological polar surface area (TPSA) is 100 Å². The zero-order valence-corrected chi connectivity index (χ0v) is 15.5. The summed E-state index contributed by atoms with van der Waals surface area (Å²) in [5.74, 6) is -0.253. The van der Waals surface area contributed by atoms with Gasteiger partial charge < -0.3 is 21.6 Å². The van der Waals surface area contributed by atoms with E-state index in [4.69, 9.17) is 11.5 Å². The second-order valence-electron chi connectivity index (χ2n) is 6.93. The van der Waals surface area contributed by atoms with Crippen LogP contribution in [0.3, 0.4) is 0 Å². The number of aromatic amines is 1. The summed E-state index contributed by atoms with van der Waals surface area (Å²) < 4.78 is 13.1. The van der Waals surface area contributed by atoms with Crippen LogP contribution in [0.1, 0.15) is 30.3 Å². The maximum absolute atomic E-state index is 13.1. The first-order chi connectivity index (χ1) is 13.0. The molecule has 0 amide bonds. The van der Waals surface area contributed by atoms with Gasteiger partial charge in [0.2, 0.25) is 0 Å². The summed E-state index contributed by atoms with van der Waals surface area (Å²) in [6.45, 7) is 3.11. The zero-order valence-electron chi connectivity index (χ0n) is 15.5. The maximum Gasteiger partial charge on any atom is 0.146 e. The number of aromatic nitrogens is 1. The Morgan fingerprint density at radius 1 is 1.15 bits per heavy atom. The Kier molecular flexibility index (Phi) is 6.23. The SMILES string of the molecule is Cc1c(C(O)NC[C@@H](N)CCCN)[nH]c2cc(-c3ccc(F)cc3)ccc12. The fraction of sp³-hybridized carbons (Fsp3) is 0.333. The Labute approximate surface area is 158 Å². The molecule has 0 aliphatic carbocycles. The molecule has 3 aromatic rings. The van der Waals surface area contributed by atoms with E-state index in [0.29, 0.717) is 13.1 Å². The van der Waals surface area contributed by atoms with Crippen molar-refractivity contribution in [2.24, 2.45) is 11.5 Å². The number of nitrogens with two attached hydrogens (primary N) is 2. The van der Waals surface area contributed by atoms with Crippen molar-refractivity contribution in [1.82, 2.24) is 10.3 Å². The fourth-order valence-corrected chi connectivity index (χ4v) is 3.30. The maximum atomic E-state index is 13.1. The van der Waals surface area contributed by atoms with E-state index in [2.05, 4.69) is 10.3 Å². The van der Waals surface area contributed by atoms with Gasteiger partial charge in [0.1, 0.15) is 12.0 Å². The minimum Gasteiger partial charge on any atom is -0.373 e. The summed E-state index contributed by atoms with van der Waals surface area (Å²) in [6, 6.07) is 12.4. The third-order valence-corrected chi connectivity index (χ3v) is 4.90. The predicted molar refractivity (Wildman–Crippen MR) is 108 cm³/mol. The number of fused-ring (bicyclic) bond motifs is 1. The fourth-order valence-electron chi connectivity index (χ4n) is 3.30. The first-order valence-corrected chi connectivity index (χ1v) is 9.25. The lowest BCUT2D eigenvalue weighted by molar-refractivity contribution is 0.132. The van der Waals surface area contributed by atoms with Crippen LogP contribution in [0, 0.1) is 12.7 Å². The van der Waals surface area contributed by atoms with E-state index in [1.807, 2.05) is 25.1 Å². The average Bonchev–Trinajstić information content (AvgIpc) is 3.01. The first kappa shape index (κ1) is 19.5. The molecule has 0 bridgehead atoms. The van der Waals surface area contributed by atoms with Crippen molar-refractivity contribution in [3.8, 4) is 11.1 Å². The number of halogens is 1. The van der Waals surface area contributed by atoms with E-state index in [1.165, 1.54) is 12.1 Å². The number of aliphatic hydroxyl groups excluding tert-OH is 1. The quantitative estimate of drug-likeness (QED) is 0.394. The van der Waals surface area contributed by atoms with Gasteiger partial charge in [-0.05, 0) is 61.2 Å². The van der Waals surface area contributed by atoms with Crippen LogP contribution in [0.25, 0.3) is 22.0 Å². The van der Waals surface area contributed by atoms with Gasteiger partial charge in [0.25, 0.3) is 0 Å². The molecule has 27 heavy (non-hydrogen) atoms. The molecule has 5 nitrogen and oxygen atoms in total. The van der Waals surface area contributed by atoms with E-state index in [0.717, 1.165) is 46.1 Å². The monoisotopic (exact) mass is 370 g/mol. The number of aryl methyl sites for hydroxylation is 1. The van der Waals surface area contributed by atoms with Gasteiger partial charge in [0, 0.05) is 23.5 Å². The van der Waals surface area contributed by atoms with Gasteiger partial charge in [0.15, 0.2) is 0 Å². The highest BCUT2D eigenvalue weighted by Gasteiger charge is 2.16. The molecule has 0 fully saturated rings. The lowest BCUT2D eigenvalue weighted by atomic mass is 10.0. The third kappa shape index (κ3) is 4.54. The minimum absolute atomic E-state index is 0.0436. The normalized spacial score (nSPS) is 13.8. The Hall–Kier alpha value is -2.25. The van der Waals surface area contributed by atoms with Crippen LogP contribution < -0.4 is 16.8 Å². The van der Waals surface area contributed by atoms with Crippen molar-refractivity contribution in [3.63, 3.8) is 0 Å². The molecule has 1 unspecified atom stereocenters. The summed E-state index contributed by atoms with van der Waals surface area (Å²) in [5, 5.41) is 14.7. The van der Waals surface area contributed by atoms with Crippen LogP contribution >= 0.6 is 0 Å². The largest absolute Gasteiger partial charge is 0.373 e. The van der Waals surface area contributed by atoms with E-state index >= 15 is 0 Å². The minimum atomic E-state index is -0.824. The second-order valence-corrected chi connectivity index (χ2v) is 6.93. The highest BCUT2D eigenvalue weighted by Crippen LogP contribution is 2.29. The van der Waals surface area contributed by atoms with Crippen molar-refractivity contribution < 1.29 is 9.50 Å². The molecule has 0 saturated heterocycles. The molecule has 2 aromatic carbocycles. The van der Waals surface area contributed by atoms with Crippen LogP contribution in [0.4, 0.5) is 4.39 Å². The first-order valence-electron chi connectivity index (χ1n) is 9.25. The lowest BCUT2D eigenvalue weighted by Gasteiger charge is -2.16. The van der Waals surface area contributed by atoms with E-state index in [1.54, 1.807) is 12.1 Å². The summed E-state index contributed by atoms with van der Waals surface area (Å²) in [4.78, 5) is 3.30. The predicted octanol–water partition coefficient (Wildman–Crippen LogP) is 2.93. The molecule has 0 aliphatic heterocycles. The molecule has 0 saturated carbocycles. The van der Waals surface area contributed by atoms with Crippen LogP contribution in [0.15, 0.2) is 42.5 Å². The Bertz CT molecular complexity index is 891. The van der Waals surface area contributed by atoms with E-state index in [-0.39, 0.29) is 11.9 Å². The highest BCUT2D eigenvalue weighted by atomic mass is 19.1. The van der Waals surface area contributed by atoms with Gasteiger partial charge in [-0.25, -0.2) is 4.39 Å². The van der Waals surface area contributed by atoms with Crippen LogP contribution in [0.5, 0.6) is 0 Å². The molecule has 7 N–H and O–H groups in total. The molecule has 0 radical (unpaired) electrons. The molecule has 0 aliphatic rings. The Balaban J connectivity index is 1.78. The summed E-state index contributed by atoms with van der Waals surface area (Å²) in [7, 11) is 0. The van der Waals surface area contributed by atoms with Gasteiger partial charge in [-0.15, -0.1) is 0 Å². The molecule has 1 aromatic heterocycles. The second kappa shape index (κ2) is 8.63. The highest BCUT2D eigenvalue weighted by molar-refractivity contribution is 5.88. The van der Waals surface area contributed by atoms with Crippen LogP contribution in [-0.4, -0.2) is 29.2 Å². The molecule has 3 rings (SSSR count). The Morgan fingerprint density at radius 2 is 1.85 bits per heavy atom. The number of benzene rings is 2. The van der Waals surface area contributed by atoms with Crippen molar-refractivity contribution in [3.05, 3.63) is 59.5 Å². The summed E-state index contributed by atoms with van der Waals surface area (Å²) in [6.07, 6.45) is 0.870. The third-order valence-electron chi connectivity index (χ3n) is 4.90. The van der Waals surface area contributed by atoms with Gasteiger partial charge in [-0.2, -0.15) is 0 Å². The van der Waals surface area contributed by atoms with Crippen molar-refractivity contribution >= 4 is 10.9 Å². The molecule has 6 heteroatoms. The molecule has 0 spiro atoms. The smallest absolute Gasteiger partial charge is 0.146 e. The van der Waals surface area contributed by atoms with E-state index < -0.39 is 6.23 Å². The molecular weight excluding hydrogens is 343 g/mol. The number of rotatable bonds is 8. The van der Waals surface area contributed by atoms with Crippen molar-refractivity contribution in [2.75, 3.05) is 13.1 Å². The van der Waals surface area contributed by atoms with Gasteiger partial charge in [-0.1, -0.05) is 24.3 Å². The van der Waals surface area contributed by atoms with E-state index in [9.17, 15) is 9.50 Å². The van der Waals surface area contributed by atoms with Crippen LogP contribution in [-0.2, 0) is 0 Å². The van der Waals surface area contributed by atoms with Gasteiger partial charge in [0.05, 0.1) is 5.69 Å². The lowest BCUT2D eigenvalue weighted by Crippen LogP contribution is -2.36.